The molecule has 0 aromatic heterocycles. The van der Waals surface area contributed by atoms with Gasteiger partial charge in [-0.1, -0.05) is 19.8 Å². The summed E-state index contributed by atoms with van der Waals surface area (Å²) >= 11 is 0. The van der Waals surface area contributed by atoms with E-state index >= 15 is 0 Å². The van der Waals surface area contributed by atoms with Gasteiger partial charge in [0, 0.05) is 6.42 Å². The van der Waals surface area contributed by atoms with Gasteiger partial charge in [0.1, 0.15) is 0 Å². The summed E-state index contributed by atoms with van der Waals surface area (Å²) in [5, 5.41) is 8.34. The van der Waals surface area contributed by atoms with E-state index in [2.05, 4.69) is 6.07 Å². The van der Waals surface area contributed by atoms with E-state index in [9.17, 15) is 4.79 Å². The number of carbonyl (C=O) groups excluding carboxylic acids is 1. The summed E-state index contributed by atoms with van der Waals surface area (Å²) in [7, 11) is 0. The molecule has 0 bridgehead atoms. The van der Waals surface area contributed by atoms with Gasteiger partial charge in [-0.25, -0.2) is 0 Å². The molecule has 0 rings (SSSR count). The van der Waals surface area contributed by atoms with Crippen molar-refractivity contribution in [2.45, 2.75) is 59.3 Å². The molecule has 0 spiro atoms. The van der Waals surface area contributed by atoms with Crippen LogP contribution in [0.5, 0.6) is 0 Å². The Morgan fingerprint density at radius 3 is 2.44 bits per heavy atom. The van der Waals surface area contributed by atoms with Gasteiger partial charge >= 0.3 is 5.97 Å². The molecular formula is C13H23NO2. The predicted molar refractivity (Wildman–Crippen MR) is 63.7 cm³/mol. The van der Waals surface area contributed by atoms with Crippen LogP contribution < -0.4 is 0 Å². The Bertz CT molecular complexity index is 241. The second-order valence-electron chi connectivity index (χ2n) is 4.70. The topological polar surface area (TPSA) is 50.1 Å². The molecule has 0 heterocycles. The standard InChI is InChI=1S/C13H23NO2/c1-4-13(2,3)12(15)16-11-9-7-5-6-8-10-14/h4-9,11H2,1-3H3. The number of carbonyl (C=O) groups is 1. The van der Waals surface area contributed by atoms with Gasteiger partial charge < -0.3 is 4.74 Å². The minimum absolute atomic E-state index is 0.105. The summed E-state index contributed by atoms with van der Waals surface area (Å²) < 4.78 is 5.20. The van der Waals surface area contributed by atoms with Crippen molar-refractivity contribution in [1.29, 1.82) is 5.26 Å². The summed E-state index contributed by atoms with van der Waals surface area (Å²) in [5.74, 6) is -0.105. The lowest BCUT2D eigenvalue weighted by molar-refractivity contribution is -0.154. The molecule has 0 N–H and O–H groups in total. The van der Waals surface area contributed by atoms with E-state index in [0.29, 0.717) is 13.0 Å². The predicted octanol–water partition coefficient (Wildman–Crippen LogP) is 3.44. The molecule has 0 saturated carbocycles. The highest BCUT2D eigenvalue weighted by molar-refractivity contribution is 5.75. The van der Waals surface area contributed by atoms with Crippen molar-refractivity contribution in [3.8, 4) is 6.07 Å². The lowest BCUT2D eigenvalue weighted by Crippen LogP contribution is -2.26. The zero-order chi connectivity index (χ0) is 12.4. The average Bonchev–Trinajstić information content (AvgIpc) is 2.27. The Hall–Kier alpha value is -1.04. The SMILES string of the molecule is CCC(C)(C)C(=O)OCCCCCCC#N. The minimum Gasteiger partial charge on any atom is -0.465 e. The number of ether oxygens (including phenoxy) is 1. The van der Waals surface area contributed by atoms with Crippen LogP contribution in [-0.2, 0) is 9.53 Å². The fourth-order valence-corrected chi connectivity index (χ4v) is 1.16. The number of esters is 1. The van der Waals surface area contributed by atoms with Gasteiger partial charge in [-0.3, -0.25) is 4.79 Å². The zero-order valence-corrected chi connectivity index (χ0v) is 10.7. The summed E-state index contributed by atoms with van der Waals surface area (Å²) in [4.78, 5) is 11.6. The zero-order valence-electron chi connectivity index (χ0n) is 10.7. The maximum absolute atomic E-state index is 11.6. The Labute approximate surface area is 98.8 Å². The normalized spacial score (nSPS) is 10.9. The molecule has 0 saturated heterocycles. The largest absolute Gasteiger partial charge is 0.465 e. The van der Waals surface area contributed by atoms with Crippen LogP contribution in [-0.4, -0.2) is 12.6 Å². The fourth-order valence-electron chi connectivity index (χ4n) is 1.16. The molecule has 0 unspecified atom stereocenters. The van der Waals surface area contributed by atoms with Gasteiger partial charge in [0.2, 0.25) is 0 Å². The summed E-state index contributed by atoms with van der Waals surface area (Å²) in [6.45, 7) is 6.31. The highest BCUT2D eigenvalue weighted by Gasteiger charge is 2.26. The van der Waals surface area contributed by atoms with E-state index in [1.165, 1.54) is 0 Å². The second kappa shape index (κ2) is 8.15. The van der Waals surface area contributed by atoms with Gasteiger partial charge in [-0.15, -0.1) is 0 Å². The van der Waals surface area contributed by atoms with Crippen molar-refractivity contribution in [3.63, 3.8) is 0 Å². The molecule has 0 amide bonds. The third-order valence-electron chi connectivity index (χ3n) is 2.85. The highest BCUT2D eigenvalue weighted by atomic mass is 16.5. The van der Waals surface area contributed by atoms with E-state index in [1.807, 2.05) is 20.8 Å². The molecule has 0 aromatic carbocycles. The first kappa shape index (κ1) is 15.0. The molecule has 0 aliphatic heterocycles. The molecular weight excluding hydrogens is 202 g/mol. The molecule has 92 valence electrons. The van der Waals surface area contributed by atoms with Crippen LogP contribution in [0.15, 0.2) is 0 Å². The average molecular weight is 225 g/mol. The lowest BCUT2D eigenvalue weighted by atomic mass is 9.91. The quantitative estimate of drug-likeness (QED) is 0.469. The van der Waals surface area contributed by atoms with Crippen molar-refractivity contribution >= 4 is 5.97 Å². The first-order valence-electron chi connectivity index (χ1n) is 6.08. The minimum atomic E-state index is -0.360. The Kier molecular flexibility index (Phi) is 7.62. The smallest absolute Gasteiger partial charge is 0.311 e. The van der Waals surface area contributed by atoms with Crippen LogP contribution in [0.2, 0.25) is 0 Å². The van der Waals surface area contributed by atoms with Crippen LogP contribution in [0.25, 0.3) is 0 Å². The highest BCUT2D eigenvalue weighted by Crippen LogP contribution is 2.21. The third-order valence-corrected chi connectivity index (χ3v) is 2.85. The molecule has 0 fully saturated rings. The van der Waals surface area contributed by atoms with Gasteiger partial charge in [0.25, 0.3) is 0 Å². The molecule has 0 aromatic rings. The van der Waals surface area contributed by atoms with E-state index in [4.69, 9.17) is 10.00 Å². The maximum atomic E-state index is 11.6. The Balaban J connectivity index is 3.46. The number of nitrogens with zero attached hydrogens (tertiary/aromatic N) is 1. The molecule has 16 heavy (non-hydrogen) atoms. The first-order valence-corrected chi connectivity index (χ1v) is 6.08. The van der Waals surface area contributed by atoms with E-state index < -0.39 is 0 Å². The van der Waals surface area contributed by atoms with Gasteiger partial charge in [0.05, 0.1) is 18.1 Å². The monoisotopic (exact) mass is 225 g/mol. The van der Waals surface area contributed by atoms with Crippen LogP contribution in [0.3, 0.4) is 0 Å². The number of unbranched alkanes of at least 4 members (excludes halogenated alkanes) is 4. The number of rotatable bonds is 8. The number of hydrogen-bond acceptors (Lipinski definition) is 3. The van der Waals surface area contributed by atoms with Crippen LogP contribution >= 0.6 is 0 Å². The van der Waals surface area contributed by atoms with Crippen molar-refractivity contribution < 1.29 is 9.53 Å². The Morgan fingerprint density at radius 2 is 1.88 bits per heavy atom. The molecule has 3 nitrogen and oxygen atoms in total. The number of hydrogen-bond donors (Lipinski definition) is 0. The lowest BCUT2D eigenvalue weighted by Gasteiger charge is -2.20. The second-order valence-corrected chi connectivity index (χ2v) is 4.70. The Morgan fingerprint density at radius 1 is 1.25 bits per heavy atom. The van der Waals surface area contributed by atoms with Crippen molar-refractivity contribution in [2.75, 3.05) is 6.61 Å². The van der Waals surface area contributed by atoms with Gasteiger partial charge in [0.15, 0.2) is 0 Å². The van der Waals surface area contributed by atoms with Gasteiger partial charge in [-0.2, -0.15) is 5.26 Å². The van der Waals surface area contributed by atoms with Crippen LogP contribution in [0.1, 0.15) is 59.3 Å². The van der Waals surface area contributed by atoms with Gasteiger partial charge in [-0.05, 0) is 33.1 Å². The summed E-state index contributed by atoms with van der Waals surface area (Å²) in [5.41, 5.74) is -0.360. The van der Waals surface area contributed by atoms with Crippen molar-refractivity contribution in [1.82, 2.24) is 0 Å². The van der Waals surface area contributed by atoms with E-state index in [0.717, 1.165) is 32.1 Å². The summed E-state index contributed by atoms with van der Waals surface area (Å²) in [6, 6.07) is 2.12. The maximum Gasteiger partial charge on any atom is 0.311 e. The molecule has 0 aliphatic rings. The molecule has 3 heteroatoms. The molecule has 0 aliphatic carbocycles. The van der Waals surface area contributed by atoms with E-state index in [-0.39, 0.29) is 11.4 Å². The van der Waals surface area contributed by atoms with Crippen LogP contribution in [0.4, 0.5) is 0 Å². The molecule has 0 radical (unpaired) electrons. The number of nitriles is 1. The summed E-state index contributed by atoms with van der Waals surface area (Å²) in [6.07, 6.45) is 5.35. The van der Waals surface area contributed by atoms with Crippen molar-refractivity contribution in [2.24, 2.45) is 5.41 Å². The third kappa shape index (κ3) is 6.44. The van der Waals surface area contributed by atoms with E-state index in [1.54, 1.807) is 0 Å². The fraction of sp³-hybridized carbons (Fsp3) is 0.846. The first-order chi connectivity index (χ1) is 7.54. The van der Waals surface area contributed by atoms with Crippen LogP contribution in [0, 0.1) is 16.7 Å². The van der Waals surface area contributed by atoms with Crippen molar-refractivity contribution in [3.05, 3.63) is 0 Å². The molecule has 0 atom stereocenters.